The molecule has 2 N–H and O–H groups in total. The van der Waals surface area contributed by atoms with E-state index in [2.05, 4.69) is 34.3 Å². The summed E-state index contributed by atoms with van der Waals surface area (Å²) in [6.45, 7) is 7.62. The Morgan fingerprint density at radius 2 is 1.79 bits per heavy atom. The van der Waals surface area contributed by atoms with E-state index >= 15 is 0 Å². The van der Waals surface area contributed by atoms with Gasteiger partial charge in [0.15, 0.2) is 0 Å². The van der Waals surface area contributed by atoms with Gasteiger partial charge in [0.1, 0.15) is 5.82 Å². The summed E-state index contributed by atoms with van der Waals surface area (Å²) in [5, 5.41) is 3.62. The number of aromatic nitrogens is 2. The van der Waals surface area contributed by atoms with Crippen molar-refractivity contribution in [2.75, 3.05) is 13.1 Å². The number of H-pyrrole nitrogens is 1. The highest BCUT2D eigenvalue weighted by Crippen LogP contribution is 2.14. The van der Waals surface area contributed by atoms with Crippen molar-refractivity contribution in [2.45, 2.75) is 39.3 Å². The van der Waals surface area contributed by atoms with E-state index in [-0.39, 0.29) is 23.4 Å². The molecule has 2 atom stereocenters. The Hall–Kier alpha value is -2.99. The third-order valence-corrected chi connectivity index (χ3v) is 5.30. The molecule has 0 radical (unpaired) electrons. The molecule has 2 unspecified atom stereocenters. The second kappa shape index (κ2) is 9.47. The van der Waals surface area contributed by atoms with Gasteiger partial charge in [0.05, 0.1) is 23.5 Å². The number of nitrogens with one attached hydrogen (secondary N) is 2. The first kappa shape index (κ1) is 20.7. The normalized spacial score (nSPS) is 13.4. The molecule has 0 aliphatic carbocycles. The van der Waals surface area contributed by atoms with Crippen LogP contribution in [0.1, 0.15) is 38.1 Å². The van der Waals surface area contributed by atoms with Crippen molar-refractivity contribution in [3.05, 3.63) is 76.3 Å². The summed E-state index contributed by atoms with van der Waals surface area (Å²) in [5.41, 5.74) is 1.71. The van der Waals surface area contributed by atoms with Crippen LogP contribution in [0.5, 0.6) is 0 Å². The van der Waals surface area contributed by atoms with Crippen LogP contribution in [0, 0.1) is 0 Å². The molecule has 0 bridgehead atoms. The van der Waals surface area contributed by atoms with Crippen LogP contribution in [0.15, 0.2) is 59.4 Å². The summed E-state index contributed by atoms with van der Waals surface area (Å²) < 4.78 is 0. The average Bonchev–Trinajstić information content (AvgIpc) is 2.75. The Kier molecular flexibility index (Phi) is 6.77. The van der Waals surface area contributed by atoms with E-state index < -0.39 is 0 Å². The van der Waals surface area contributed by atoms with Gasteiger partial charge in [0.2, 0.25) is 5.91 Å². The van der Waals surface area contributed by atoms with E-state index in [0.717, 1.165) is 0 Å². The van der Waals surface area contributed by atoms with Crippen LogP contribution in [0.3, 0.4) is 0 Å². The number of benzene rings is 2. The van der Waals surface area contributed by atoms with Crippen molar-refractivity contribution in [2.24, 2.45) is 0 Å². The molecular weight excluding hydrogens is 364 g/mol. The van der Waals surface area contributed by atoms with Crippen molar-refractivity contribution >= 4 is 16.8 Å². The van der Waals surface area contributed by atoms with Crippen LogP contribution in [0.4, 0.5) is 0 Å². The van der Waals surface area contributed by atoms with Gasteiger partial charge in [-0.25, -0.2) is 4.98 Å². The molecule has 0 saturated carbocycles. The van der Waals surface area contributed by atoms with Crippen LogP contribution >= 0.6 is 0 Å². The number of hydrogen-bond acceptors (Lipinski definition) is 4. The van der Waals surface area contributed by atoms with E-state index in [0.29, 0.717) is 36.4 Å². The van der Waals surface area contributed by atoms with Crippen LogP contribution in [-0.4, -0.2) is 39.9 Å². The minimum atomic E-state index is -0.334. The predicted octanol–water partition coefficient (Wildman–Crippen LogP) is 3.05. The summed E-state index contributed by atoms with van der Waals surface area (Å²) in [6, 6.07) is 17.1. The monoisotopic (exact) mass is 392 g/mol. The SMILES string of the molecule is CCN(Cc1nc2ccccc2c(=O)[nH]1)C(C)C(=O)NCC(C)c1ccccc1. The third-order valence-electron chi connectivity index (χ3n) is 5.30. The van der Waals surface area contributed by atoms with E-state index in [1.54, 1.807) is 6.07 Å². The van der Waals surface area contributed by atoms with Gasteiger partial charge in [0, 0.05) is 6.54 Å². The number of amides is 1. The Labute approximate surface area is 171 Å². The fraction of sp³-hybridized carbons (Fsp3) is 0.348. The Balaban J connectivity index is 1.64. The van der Waals surface area contributed by atoms with Gasteiger partial charge in [-0.1, -0.05) is 56.3 Å². The van der Waals surface area contributed by atoms with Crippen molar-refractivity contribution in [3.8, 4) is 0 Å². The molecule has 2 aromatic carbocycles. The molecular formula is C23H28N4O2. The predicted molar refractivity (Wildman–Crippen MR) is 116 cm³/mol. The fourth-order valence-electron chi connectivity index (χ4n) is 3.39. The minimum absolute atomic E-state index is 0.0298. The van der Waals surface area contributed by atoms with Crippen LogP contribution in [0.2, 0.25) is 0 Å². The molecule has 0 aliphatic heterocycles. The largest absolute Gasteiger partial charge is 0.354 e. The maximum atomic E-state index is 12.7. The number of rotatable bonds is 8. The highest BCUT2D eigenvalue weighted by Gasteiger charge is 2.21. The first-order valence-corrected chi connectivity index (χ1v) is 10.0. The third kappa shape index (κ3) is 5.09. The highest BCUT2D eigenvalue weighted by molar-refractivity contribution is 5.81. The molecule has 0 saturated heterocycles. The molecule has 152 valence electrons. The van der Waals surface area contributed by atoms with Crippen molar-refractivity contribution in [1.29, 1.82) is 0 Å². The number of aromatic amines is 1. The zero-order chi connectivity index (χ0) is 20.8. The molecule has 6 heteroatoms. The second-order valence-electron chi connectivity index (χ2n) is 7.33. The number of nitrogens with zero attached hydrogens (tertiary/aromatic N) is 2. The first-order valence-electron chi connectivity index (χ1n) is 10.0. The number of hydrogen-bond donors (Lipinski definition) is 2. The van der Waals surface area contributed by atoms with Gasteiger partial charge in [-0.3, -0.25) is 14.5 Å². The van der Waals surface area contributed by atoms with Crippen LogP contribution in [0.25, 0.3) is 10.9 Å². The highest BCUT2D eigenvalue weighted by atomic mass is 16.2. The van der Waals surface area contributed by atoms with Gasteiger partial charge in [0.25, 0.3) is 5.56 Å². The van der Waals surface area contributed by atoms with Gasteiger partial charge in [-0.2, -0.15) is 0 Å². The number of likely N-dealkylation sites (N-methyl/N-ethyl adjacent to an activating group) is 1. The molecule has 0 aliphatic rings. The van der Waals surface area contributed by atoms with Crippen LogP contribution in [-0.2, 0) is 11.3 Å². The standard InChI is InChI=1S/C23H28N4O2/c1-4-27(15-21-25-20-13-9-8-12-19(20)23(29)26-21)17(3)22(28)24-14-16(2)18-10-6-5-7-11-18/h5-13,16-17H,4,14-15H2,1-3H3,(H,24,28)(H,25,26,29). The maximum absolute atomic E-state index is 12.7. The molecule has 0 fully saturated rings. The van der Waals surface area contributed by atoms with Crippen LogP contribution < -0.4 is 10.9 Å². The summed E-state index contributed by atoms with van der Waals surface area (Å²) in [5.74, 6) is 0.770. The minimum Gasteiger partial charge on any atom is -0.354 e. The van der Waals surface area contributed by atoms with Gasteiger partial charge >= 0.3 is 0 Å². The lowest BCUT2D eigenvalue weighted by Gasteiger charge is -2.27. The maximum Gasteiger partial charge on any atom is 0.258 e. The zero-order valence-corrected chi connectivity index (χ0v) is 17.2. The quantitative estimate of drug-likeness (QED) is 0.618. The number of para-hydroxylation sites is 1. The second-order valence-corrected chi connectivity index (χ2v) is 7.33. The van der Waals surface area contributed by atoms with E-state index in [9.17, 15) is 9.59 Å². The van der Waals surface area contributed by atoms with E-state index in [1.807, 2.05) is 55.1 Å². The summed E-state index contributed by atoms with van der Waals surface area (Å²) in [4.78, 5) is 34.4. The summed E-state index contributed by atoms with van der Waals surface area (Å²) in [6.07, 6.45) is 0. The lowest BCUT2D eigenvalue weighted by molar-refractivity contribution is -0.126. The Morgan fingerprint density at radius 1 is 1.10 bits per heavy atom. The van der Waals surface area contributed by atoms with Gasteiger partial charge in [-0.05, 0) is 37.1 Å². The van der Waals surface area contributed by atoms with Crippen molar-refractivity contribution < 1.29 is 4.79 Å². The lowest BCUT2D eigenvalue weighted by Crippen LogP contribution is -2.45. The molecule has 6 nitrogen and oxygen atoms in total. The van der Waals surface area contributed by atoms with Gasteiger partial charge in [-0.15, -0.1) is 0 Å². The molecule has 3 aromatic rings. The number of carbonyl (C=O) groups excluding carboxylic acids is 1. The van der Waals surface area contributed by atoms with Gasteiger partial charge < -0.3 is 10.3 Å². The topological polar surface area (TPSA) is 78.1 Å². The van der Waals surface area contributed by atoms with Crippen molar-refractivity contribution in [3.63, 3.8) is 0 Å². The number of carbonyl (C=O) groups is 1. The molecule has 1 aromatic heterocycles. The van der Waals surface area contributed by atoms with E-state index in [4.69, 9.17) is 0 Å². The lowest BCUT2D eigenvalue weighted by atomic mass is 10.0. The smallest absolute Gasteiger partial charge is 0.258 e. The number of fused-ring (bicyclic) bond motifs is 1. The molecule has 1 amide bonds. The summed E-state index contributed by atoms with van der Waals surface area (Å²) in [7, 11) is 0. The Bertz CT molecular complexity index is 1020. The summed E-state index contributed by atoms with van der Waals surface area (Å²) >= 11 is 0. The van der Waals surface area contributed by atoms with E-state index in [1.165, 1.54) is 5.56 Å². The molecule has 3 rings (SSSR count). The first-order chi connectivity index (χ1) is 14.0. The van der Waals surface area contributed by atoms with Crippen molar-refractivity contribution in [1.82, 2.24) is 20.2 Å². The Morgan fingerprint density at radius 3 is 2.52 bits per heavy atom. The molecule has 1 heterocycles. The molecule has 0 spiro atoms. The fourth-order valence-corrected chi connectivity index (χ4v) is 3.39. The average molecular weight is 393 g/mol. The molecule has 29 heavy (non-hydrogen) atoms. The zero-order valence-electron chi connectivity index (χ0n) is 17.2.